The second-order valence-electron chi connectivity index (χ2n) is 7.29. The highest BCUT2D eigenvalue weighted by Crippen LogP contribution is 2.24. The molecule has 0 bridgehead atoms. The Morgan fingerprint density at radius 3 is 2.53 bits per heavy atom. The van der Waals surface area contributed by atoms with Crippen LogP contribution in [-0.4, -0.2) is 16.1 Å². The molecule has 0 radical (unpaired) electrons. The molecule has 4 rings (SSSR count). The van der Waals surface area contributed by atoms with Crippen molar-refractivity contribution in [3.63, 3.8) is 0 Å². The van der Waals surface area contributed by atoms with E-state index in [4.69, 9.17) is 19.0 Å². The zero-order valence-electron chi connectivity index (χ0n) is 17.7. The minimum Gasteiger partial charge on any atom is -0.489 e. The average Bonchev–Trinajstić information content (AvgIpc) is 3.18. The zero-order valence-corrected chi connectivity index (χ0v) is 17.7. The summed E-state index contributed by atoms with van der Waals surface area (Å²) in [5.41, 5.74) is 3.22. The highest BCUT2D eigenvalue weighted by molar-refractivity contribution is 5.71. The lowest BCUT2D eigenvalue weighted by Crippen LogP contribution is -2.04. The van der Waals surface area contributed by atoms with Crippen LogP contribution in [0, 0.1) is 6.92 Å². The van der Waals surface area contributed by atoms with Crippen molar-refractivity contribution in [1.29, 1.82) is 0 Å². The van der Waals surface area contributed by atoms with Crippen molar-refractivity contribution >= 4 is 5.97 Å². The van der Waals surface area contributed by atoms with Crippen LogP contribution in [0.25, 0.3) is 11.5 Å². The number of aryl methyl sites for hydroxylation is 1. The number of para-hydroxylation sites is 1. The Hall–Kier alpha value is -4.06. The number of hydrogen-bond donors (Lipinski definition) is 1. The third-order valence-electron chi connectivity index (χ3n) is 4.90. The van der Waals surface area contributed by atoms with Crippen molar-refractivity contribution in [1.82, 2.24) is 4.98 Å². The van der Waals surface area contributed by atoms with E-state index in [0.717, 1.165) is 22.6 Å². The van der Waals surface area contributed by atoms with Crippen LogP contribution in [0.1, 0.15) is 22.6 Å². The van der Waals surface area contributed by atoms with Crippen molar-refractivity contribution in [2.24, 2.45) is 0 Å². The highest BCUT2D eigenvalue weighted by atomic mass is 16.5. The molecular formula is C26H23NO5. The molecule has 32 heavy (non-hydrogen) atoms. The molecule has 1 aromatic heterocycles. The number of aliphatic carboxylic acids is 1. The van der Waals surface area contributed by atoms with Crippen LogP contribution in [-0.2, 0) is 24.4 Å². The molecule has 1 N–H and O–H groups in total. The van der Waals surface area contributed by atoms with E-state index in [1.165, 1.54) is 0 Å². The van der Waals surface area contributed by atoms with E-state index < -0.39 is 5.97 Å². The van der Waals surface area contributed by atoms with Gasteiger partial charge < -0.3 is 19.0 Å². The van der Waals surface area contributed by atoms with Crippen LogP contribution in [0.4, 0.5) is 0 Å². The quantitative estimate of drug-likeness (QED) is 0.382. The first kappa shape index (κ1) is 21.2. The SMILES string of the molecule is Cc1oc(-c2ccccc2)nc1COc1cccc(COc2ccccc2CC(=O)O)c1. The number of carboxylic acids is 1. The largest absolute Gasteiger partial charge is 0.489 e. The average molecular weight is 429 g/mol. The minimum absolute atomic E-state index is 0.0820. The van der Waals surface area contributed by atoms with Crippen LogP contribution in [0.5, 0.6) is 11.5 Å². The van der Waals surface area contributed by atoms with Crippen molar-refractivity contribution in [3.8, 4) is 23.0 Å². The van der Waals surface area contributed by atoms with Crippen molar-refractivity contribution in [2.45, 2.75) is 26.6 Å². The normalized spacial score (nSPS) is 10.7. The van der Waals surface area contributed by atoms with Gasteiger partial charge in [-0.1, -0.05) is 48.5 Å². The molecule has 0 atom stereocenters. The van der Waals surface area contributed by atoms with Gasteiger partial charge in [-0.15, -0.1) is 0 Å². The first-order valence-electron chi connectivity index (χ1n) is 10.2. The summed E-state index contributed by atoms with van der Waals surface area (Å²) in [5.74, 6) is 1.65. The van der Waals surface area contributed by atoms with Gasteiger partial charge in [0.15, 0.2) is 0 Å². The summed E-state index contributed by atoms with van der Waals surface area (Å²) in [4.78, 5) is 15.6. The monoisotopic (exact) mass is 429 g/mol. The number of benzene rings is 3. The molecule has 0 aliphatic heterocycles. The number of hydrogen-bond acceptors (Lipinski definition) is 5. The molecule has 0 amide bonds. The van der Waals surface area contributed by atoms with Gasteiger partial charge in [-0.25, -0.2) is 4.98 Å². The Morgan fingerprint density at radius 1 is 0.938 bits per heavy atom. The smallest absolute Gasteiger partial charge is 0.307 e. The standard InChI is InChI=1S/C26H23NO5/c1-18-23(27-26(32-18)20-9-3-2-4-10-20)17-30-22-12-7-8-19(14-22)16-31-24-13-6-5-11-21(24)15-25(28)29/h2-14H,15-17H2,1H3,(H,28,29). The van der Waals surface area contributed by atoms with Gasteiger partial charge in [-0.05, 0) is 42.8 Å². The number of rotatable bonds is 9. The number of oxazole rings is 1. The number of aromatic nitrogens is 1. The molecule has 6 nitrogen and oxygen atoms in total. The first-order valence-corrected chi connectivity index (χ1v) is 10.2. The molecule has 0 unspecified atom stereocenters. The molecule has 1 heterocycles. The maximum atomic E-state index is 11.1. The topological polar surface area (TPSA) is 81.8 Å². The summed E-state index contributed by atoms with van der Waals surface area (Å²) in [5, 5.41) is 9.07. The van der Waals surface area contributed by atoms with Gasteiger partial charge in [0.1, 0.15) is 36.2 Å². The van der Waals surface area contributed by atoms with Crippen LogP contribution >= 0.6 is 0 Å². The fourth-order valence-corrected chi connectivity index (χ4v) is 3.26. The number of carboxylic acid groups (broad SMARTS) is 1. The Morgan fingerprint density at radius 2 is 1.72 bits per heavy atom. The van der Waals surface area contributed by atoms with Gasteiger partial charge in [-0.2, -0.15) is 0 Å². The second-order valence-corrected chi connectivity index (χ2v) is 7.29. The second kappa shape index (κ2) is 9.83. The van der Waals surface area contributed by atoms with Crippen molar-refractivity contribution in [3.05, 3.63) is 101 Å². The van der Waals surface area contributed by atoms with Crippen LogP contribution in [0.3, 0.4) is 0 Å². The van der Waals surface area contributed by atoms with Gasteiger partial charge in [0.2, 0.25) is 5.89 Å². The molecule has 3 aromatic carbocycles. The molecular weight excluding hydrogens is 406 g/mol. The minimum atomic E-state index is -0.894. The predicted molar refractivity (Wildman–Crippen MR) is 120 cm³/mol. The third kappa shape index (κ3) is 5.35. The van der Waals surface area contributed by atoms with Crippen LogP contribution in [0.15, 0.2) is 83.3 Å². The van der Waals surface area contributed by atoms with Crippen LogP contribution < -0.4 is 9.47 Å². The maximum Gasteiger partial charge on any atom is 0.307 e. The Bertz CT molecular complexity index is 1200. The Labute approximate surface area is 186 Å². The van der Waals surface area contributed by atoms with Gasteiger partial charge in [0.05, 0.1) is 6.42 Å². The van der Waals surface area contributed by atoms with E-state index in [-0.39, 0.29) is 13.0 Å². The summed E-state index contributed by atoms with van der Waals surface area (Å²) < 4.78 is 17.6. The molecule has 0 aliphatic carbocycles. The summed E-state index contributed by atoms with van der Waals surface area (Å²) in [7, 11) is 0. The van der Waals surface area contributed by atoms with E-state index in [0.29, 0.717) is 29.6 Å². The number of carbonyl (C=O) groups is 1. The van der Waals surface area contributed by atoms with Gasteiger partial charge in [0, 0.05) is 11.1 Å². The molecule has 0 saturated heterocycles. The van der Waals surface area contributed by atoms with E-state index in [1.54, 1.807) is 18.2 Å². The van der Waals surface area contributed by atoms with E-state index in [1.807, 2.05) is 67.6 Å². The summed E-state index contributed by atoms with van der Waals surface area (Å²) in [6.07, 6.45) is -0.0820. The molecule has 162 valence electrons. The number of ether oxygens (including phenoxy) is 2. The first-order chi connectivity index (χ1) is 15.6. The van der Waals surface area contributed by atoms with Crippen LogP contribution in [0.2, 0.25) is 0 Å². The van der Waals surface area contributed by atoms with Gasteiger partial charge in [-0.3, -0.25) is 4.79 Å². The fraction of sp³-hybridized carbons (Fsp3) is 0.154. The maximum absolute atomic E-state index is 11.1. The lowest BCUT2D eigenvalue weighted by Gasteiger charge is -2.11. The predicted octanol–water partition coefficient (Wildman–Crippen LogP) is 5.44. The molecule has 0 fully saturated rings. The highest BCUT2D eigenvalue weighted by Gasteiger charge is 2.12. The fourth-order valence-electron chi connectivity index (χ4n) is 3.26. The summed E-state index contributed by atoms with van der Waals surface area (Å²) in [6, 6.07) is 24.5. The molecule has 0 spiro atoms. The van der Waals surface area contributed by atoms with Gasteiger partial charge in [0.25, 0.3) is 0 Å². The Balaban J connectivity index is 1.39. The zero-order chi connectivity index (χ0) is 22.3. The molecule has 6 heteroatoms. The van der Waals surface area contributed by atoms with E-state index in [2.05, 4.69) is 4.98 Å². The third-order valence-corrected chi connectivity index (χ3v) is 4.90. The lowest BCUT2D eigenvalue weighted by atomic mass is 10.1. The summed E-state index contributed by atoms with van der Waals surface area (Å²) >= 11 is 0. The summed E-state index contributed by atoms with van der Waals surface area (Å²) in [6.45, 7) is 2.46. The number of nitrogens with zero attached hydrogens (tertiary/aromatic N) is 1. The van der Waals surface area contributed by atoms with E-state index >= 15 is 0 Å². The van der Waals surface area contributed by atoms with Crippen molar-refractivity contribution in [2.75, 3.05) is 0 Å². The van der Waals surface area contributed by atoms with Gasteiger partial charge >= 0.3 is 5.97 Å². The lowest BCUT2D eigenvalue weighted by molar-refractivity contribution is -0.136. The molecule has 4 aromatic rings. The molecule has 0 aliphatic rings. The Kier molecular flexibility index (Phi) is 6.51. The van der Waals surface area contributed by atoms with E-state index in [9.17, 15) is 4.79 Å². The molecule has 0 saturated carbocycles. The van der Waals surface area contributed by atoms with Crippen molar-refractivity contribution < 1.29 is 23.8 Å².